The highest BCUT2D eigenvalue weighted by molar-refractivity contribution is 6.21. The molecule has 12 rings (SSSR count). The molecule has 0 saturated carbocycles. The van der Waals surface area contributed by atoms with Crippen molar-refractivity contribution in [2.24, 2.45) is 0 Å². The van der Waals surface area contributed by atoms with Gasteiger partial charge in [-0.05, 0) is 103 Å². The SMILES string of the molecule is c1ccc(-c2ccc3c4cc5cc(c6cccc(c6)c6cccc(c6)c6nc(-c7ccccc7)nc(n6)c6cccc(c6)c6cccc5c6)c4n(-c4ccccc4)c3c2)cc1. The molecular formula is C57H36N4. The molecule has 12 bridgehead atoms. The number of aromatic nitrogens is 4. The summed E-state index contributed by atoms with van der Waals surface area (Å²) in [7, 11) is 0. The normalized spacial score (nSPS) is 11.6. The zero-order chi connectivity index (χ0) is 40.3. The molecule has 4 nitrogen and oxygen atoms in total. The third-order valence-corrected chi connectivity index (χ3v) is 11.9. The average molecular weight is 777 g/mol. The first-order chi connectivity index (χ1) is 30.2. The minimum absolute atomic E-state index is 0.632. The fraction of sp³-hybridized carbons (Fsp3) is 0. The van der Waals surface area contributed by atoms with E-state index in [9.17, 15) is 0 Å². The Balaban J connectivity index is 1.28. The third-order valence-electron chi connectivity index (χ3n) is 11.9. The second-order valence-electron chi connectivity index (χ2n) is 15.7. The van der Waals surface area contributed by atoms with Gasteiger partial charge in [0.1, 0.15) is 0 Å². The van der Waals surface area contributed by atoms with E-state index in [4.69, 9.17) is 15.0 Å². The van der Waals surface area contributed by atoms with E-state index in [2.05, 4.69) is 205 Å². The van der Waals surface area contributed by atoms with Gasteiger partial charge in [0.05, 0.1) is 11.0 Å². The first kappa shape index (κ1) is 34.8. The lowest BCUT2D eigenvalue weighted by Crippen LogP contribution is -1.94. The summed E-state index contributed by atoms with van der Waals surface area (Å²) in [6.07, 6.45) is 0. The lowest BCUT2D eigenvalue weighted by atomic mass is 10.00. The molecule has 0 fully saturated rings. The first-order valence-electron chi connectivity index (χ1n) is 20.7. The Morgan fingerprint density at radius 2 is 0.754 bits per heavy atom. The van der Waals surface area contributed by atoms with Gasteiger partial charge < -0.3 is 4.57 Å². The Kier molecular flexibility index (Phi) is 8.13. The molecule has 284 valence electrons. The van der Waals surface area contributed by atoms with Gasteiger partial charge in [-0.1, -0.05) is 164 Å². The average Bonchev–Trinajstić information content (AvgIpc) is 3.68. The molecule has 12 aromatic rings. The Morgan fingerprint density at radius 3 is 1.36 bits per heavy atom. The Labute approximate surface area is 351 Å². The van der Waals surface area contributed by atoms with Crippen molar-refractivity contribution in [2.75, 3.05) is 0 Å². The standard InChI is InChI=1S/C57H36N4/c1-4-14-37(15-5-1)44-28-29-50-52-35-48-34-51(54(52)61(53(50)36-44)49-26-8-3-9-27-49)45-23-11-19-40(31-45)42-21-13-25-47(33-42)57-59-55(38-16-6-2-7-17-38)58-56(60-57)46-24-12-20-41(32-46)39-18-10-22-43(48)30-39/h1-36H. The number of nitrogens with zero attached hydrogens (tertiary/aromatic N) is 4. The summed E-state index contributed by atoms with van der Waals surface area (Å²) in [6.45, 7) is 0. The van der Waals surface area contributed by atoms with E-state index in [0.717, 1.165) is 65.1 Å². The Bertz CT molecular complexity index is 3800. The summed E-state index contributed by atoms with van der Waals surface area (Å²) in [4.78, 5) is 15.3. The fourth-order valence-corrected chi connectivity index (χ4v) is 8.96. The maximum atomic E-state index is 5.14. The van der Waals surface area contributed by atoms with E-state index in [0.29, 0.717) is 17.1 Å². The van der Waals surface area contributed by atoms with Crippen molar-refractivity contribution in [3.05, 3.63) is 218 Å². The highest BCUT2D eigenvalue weighted by Gasteiger charge is 2.17. The molecular weight excluding hydrogens is 741 g/mol. The molecule has 0 aliphatic carbocycles. The van der Waals surface area contributed by atoms with Gasteiger partial charge in [0, 0.05) is 38.2 Å². The van der Waals surface area contributed by atoms with Crippen molar-refractivity contribution in [3.63, 3.8) is 0 Å². The summed E-state index contributed by atoms with van der Waals surface area (Å²) < 4.78 is 2.46. The van der Waals surface area contributed by atoms with Crippen LogP contribution in [0.3, 0.4) is 0 Å². The van der Waals surface area contributed by atoms with Crippen molar-refractivity contribution in [1.82, 2.24) is 19.5 Å². The zero-order valence-electron chi connectivity index (χ0n) is 33.1. The van der Waals surface area contributed by atoms with Crippen LogP contribution in [0.15, 0.2) is 218 Å². The lowest BCUT2D eigenvalue weighted by molar-refractivity contribution is 1.18. The molecule has 3 heterocycles. The van der Waals surface area contributed by atoms with Gasteiger partial charge in [0.2, 0.25) is 0 Å². The monoisotopic (exact) mass is 776 g/mol. The molecule has 0 N–H and O–H groups in total. The number of fused-ring (bicyclic) bond motifs is 22. The molecule has 3 aromatic heterocycles. The van der Waals surface area contributed by atoms with Crippen molar-refractivity contribution in [2.45, 2.75) is 0 Å². The van der Waals surface area contributed by atoms with Crippen LogP contribution >= 0.6 is 0 Å². The second kappa shape index (κ2) is 14.3. The van der Waals surface area contributed by atoms with E-state index in [1.165, 1.54) is 32.9 Å². The van der Waals surface area contributed by atoms with Crippen molar-refractivity contribution in [3.8, 4) is 28.2 Å². The predicted octanol–water partition coefficient (Wildman–Crippen LogP) is 14.9. The van der Waals surface area contributed by atoms with Crippen molar-refractivity contribution < 1.29 is 0 Å². The number of benzene rings is 9. The first-order valence-corrected chi connectivity index (χ1v) is 20.7. The van der Waals surface area contributed by atoms with Crippen LogP contribution in [0, 0.1) is 0 Å². The van der Waals surface area contributed by atoms with Crippen molar-refractivity contribution in [1.29, 1.82) is 0 Å². The molecule has 0 atom stereocenters. The van der Waals surface area contributed by atoms with Crippen LogP contribution in [-0.2, 0) is 0 Å². The van der Waals surface area contributed by atoms with Crippen LogP contribution in [0.25, 0.3) is 115 Å². The highest BCUT2D eigenvalue weighted by atomic mass is 15.0. The van der Waals surface area contributed by atoms with Gasteiger partial charge in [0.15, 0.2) is 17.1 Å². The van der Waals surface area contributed by atoms with E-state index >= 15 is 0 Å². The maximum Gasteiger partial charge on any atom is 0.164 e. The largest absolute Gasteiger partial charge is 0.309 e. The number of rotatable bonds is 3. The van der Waals surface area contributed by atoms with E-state index < -0.39 is 0 Å². The van der Waals surface area contributed by atoms with Crippen LogP contribution in [0.4, 0.5) is 0 Å². The van der Waals surface area contributed by atoms with Crippen LogP contribution in [0.5, 0.6) is 0 Å². The van der Waals surface area contributed by atoms with Crippen LogP contribution < -0.4 is 0 Å². The molecule has 0 radical (unpaired) electrons. The van der Waals surface area contributed by atoms with Gasteiger partial charge in [0.25, 0.3) is 0 Å². The number of para-hydroxylation sites is 1. The summed E-state index contributed by atoms with van der Waals surface area (Å²) in [5.74, 6) is 0.641. The molecule has 0 aliphatic rings. The maximum absolute atomic E-state index is 5.14. The summed E-state index contributed by atoms with van der Waals surface area (Å²) in [5.41, 5.74) is 8.04. The lowest BCUT2D eigenvalue weighted by Gasteiger charge is -2.11. The second-order valence-corrected chi connectivity index (χ2v) is 15.7. The minimum atomic E-state index is 0.632. The molecule has 0 amide bonds. The van der Waals surface area contributed by atoms with Crippen molar-refractivity contribution >= 4 is 87.0 Å². The minimum Gasteiger partial charge on any atom is -0.309 e. The van der Waals surface area contributed by atoms with E-state index in [-0.39, 0.29) is 0 Å². The predicted molar refractivity (Wildman–Crippen MR) is 257 cm³/mol. The Hall–Kier alpha value is -8.21. The molecule has 61 heavy (non-hydrogen) atoms. The van der Waals surface area contributed by atoms with Gasteiger partial charge in [-0.3, -0.25) is 0 Å². The molecule has 4 heteroatoms. The summed E-state index contributed by atoms with van der Waals surface area (Å²) in [6, 6.07) is 78.3. The quantitative estimate of drug-likeness (QED) is 0.179. The third kappa shape index (κ3) is 6.12. The van der Waals surface area contributed by atoms with Crippen LogP contribution in [-0.4, -0.2) is 19.5 Å². The van der Waals surface area contributed by atoms with Crippen LogP contribution in [0.2, 0.25) is 0 Å². The fourth-order valence-electron chi connectivity index (χ4n) is 8.96. The smallest absolute Gasteiger partial charge is 0.164 e. The van der Waals surface area contributed by atoms with E-state index in [1.54, 1.807) is 0 Å². The Morgan fingerprint density at radius 1 is 0.279 bits per heavy atom. The number of hydrogen-bond acceptors (Lipinski definition) is 3. The van der Waals surface area contributed by atoms with E-state index in [1.807, 2.05) is 18.2 Å². The highest BCUT2D eigenvalue weighted by Crippen LogP contribution is 2.40. The topological polar surface area (TPSA) is 43.6 Å². The van der Waals surface area contributed by atoms with Gasteiger partial charge in [-0.25, -0.2) is 15.0 Å². The van der Waals surface area contributed by atoms with Gasteiger partial charge in [-0.2, -0.15) is 0 Å². The molecule has 0 unspecified atom stereocenters. The zero-order valence-corrected chi connectivity index (χ0v) is 33.1. The van der Waals surface area contributed by atoms with Gasteiger partial charge >= 0.3 is 0 Å². The van der Waals surface area contributed by atoms with Crippen LogP contribution in [0.1, 0.15) is 0 Å². The molecule has 0 spiro atoms. The molecule has 9 aromatic carbocycles. The summed E-state index contributed by atoms with van der Waals surface area (Å²) in [5, 5.41) is 13.3. The van der Waals surface area contributed by atoms with Gasteiger partial charge in [-0.15, -0.1) is 0 Å². The molecule has 0 aliphatic heterocycles. The molecule has 0 saturated heterocycles. The number of hydrogen-bond donors (Lipinski definition) is 0. The summed E-state index contributed by atoms with van der Waals surface area (Å²) >= 11 is 0.